The van der Waals surface area contributed by atoms with Crippen molar-refractivity contribution in [2.45, 2.75) is 63.3 Å². The lowest BCUT2D eigenvalue weighted by Crippen LogP contribution is -2.54. The third-order valence-electron chi connectivity index (χ3n) is 12.3. The van der Waals surface area contributed by atoms with Gasteiger partial charge in [0.15, 0.2) is 0 Å². The number of amides is 4. The first-order valence-corrected chi connectivity index (χ1v) is 21.4. The number of Topliss-reactive ketones (excluding diaryl/α,β-unsaturated/α-hetero) is 1. The third kappa shape index (κ3) is 9.51. The molecule has 0 spiro atoms. The van der Waals surface area contributed by atoms with Crippen LogP contribution < -0.4 is 25.1 Å². The first kappa shape index (κ1) is 43.6. The van der Waals surface area contributed by atoms with Crippen LogP contribution in [0.4, 0.5) is 0 Å². The number of nitrogens with zero attached hydrogens (tertiary/aromatic N) is 5. The number of pyridine rings is 2. The second-order valence-corrected chi connectivity index (χ2v) is 16.4. The van der Waals surface area contributed by atoms with Gasteiger partial charge >= 0.3 is 0 Å². The zero-order valence-corrected chi connectivity index (χ0v) is 35.8. The monoisotopic (exact) mass is 864 g/mol. The number of nitrogens with one attached hydrogen (secondary N) is 1. The Hall–Kier alpha value is -6.01. The van der Waals surface area contributed by atoms with E-state index in [1.807, 2.05) is 24.4 Å². The fraction of sp³-hybridized carbons (Fsp3) is 0.457. The molecule has 17 nitrogen and oxygen atoms in total. The van der Waals surface area contributed by atoms with Crippen molar-refractivity contribution in [2.75, 3.05) is 66.8 Å². The van der Waals surface area contributed by atoms with Crippen LogP contribution in [0.15, 0.2) is 59.8 Å². The molecule has 0 bridgehead atoms. The zero-order valence-electron chi connectivity index (χ0n) is 35.8. The van der Waals surface area contributed by atoms with Crippen LogP contribution in [0.5, 0.6) is 17.2 Å². The van der Waals surface area contributed by atoms with E-state index < -0.39 is 29.7 Å². The highest BCUT2D eigenvalue weighted by molar-refractivity contribution is 6.23. The summed E-state index contributed by atoms with van der Waals surface area (Å²) in [6.45, 7) is 4.86. The number of aromatic nitrogens is 2. The molecule has 4 aliphatic heterocycles. The molecule has 6 heterocycles. The topological polar surface area (TPSA) is 188 Å². The zero-order chi connectivity index (χ0) is 44.2. The van der Waals surface area contributed by atoms with Crippen LogP contribution in [-0.4, -0.2) is 139 Å². The molecule has 8 rings (SSSR count). The van der Waals surface area contributed by atoms with E-state index in [4.69, 9.17) is 23.7 Å². The molecular weight excluding hydrogens is 813 g/mol. The van der Waals surface area contributed by atoms with Crippen molar-refractivity contribution in [2.24, 2.45) is 7.05 Å². The summed E-state index contributed by atoms with van der Waals surface area (Å²) < 4.78 is 31.3. The van der Waals surface area contributed by atoms with E-state index >= 15 is 0 Å². The van der Waals surface area contributed by atoms with Gasteiger partial charge in [-0.15, -0.1) is 0 Å². The van der Waals surface area contributed by atoms with Crippen molar-refractivity contribution in [1.29, 1.82) is 0 Å². The van der Waals surface area contributed by atoms with E-state index in [0.717, 1.165) is 77.4 Å². The summed E-state index contributed by atoms with van der Waals surface area (Å²) in [4.78, 5) is 85.0. The first-order chi connectivity index (χ1) is 30.5. The number of methoxy groups -OCH3 is 2. The standard InChI is InChI=1S/C46H52N6O11/c1-49-26-37(33-8-13-47-23-36(33)44(49)56)28-20-40(59-2)38(41(21-28)60-3)27-50-14-9-30(10-15-50)63-32-11-16-51(25-32)24-29(53)12-17-61-18-19-62-31-4-5-34-35(22-31)46(58)52(45(34)57)39-6-7-42(54)48-43(39)55/h4-5,8,13,20-23,26,30,32,39H,6-7,9-12,14-19,24-25,27H2,1-3H3,(H,48,54,55). The Morgan fingerprint density at radius 1 is 0.810 bits per heavy atom. The predicted octanol–water partition coefficient (Wildman–Crippen LogP) is 3.13. The van der Waals surface area contributed by atoms with Crippen molar-refractivity contribution in [1.82, 2.24) is 29.6 Å². The van der Waals surface area contributed by atoms with Gasteiger partial charge in [0.1, 0.15) is 35.7 Å². The number of imide groups is 2. The van der Waals surface area contributed by atoms with Crippen LogP contribution in [0, 0.1) is 0 Å². The second-order valence-electron chi connectivity index (χ2n) is 16.4. The number of benzene rings is 2. The van der Waals surface area contributed by atoms with E-state index in [2.05, 4.69) is 20.1 Å². The van der Waals surface area contributed by atoms with Crippen molar-refractivity contribution in [3.05, 3.63) is 82.0 Å². The fourth-order valence-corrected chi connectivity index (χ4v) is 8.96. The Balaban J connectivity index is 0.734. The van der Waals surface area contributed by atoms with E-state index in [1.54, 1.807) is 44.3 Å². The normalized spacial score (nSPS) is 19.8. The number of fused-ring (bicyclic) bond motifs is 2. The molecule has 17 heteroatoms. The van der Waals surface area contributed by atoms with E-state index in [9.17, 15) is 28.8 Å². The number of piperidine rings is 2. The van der Waals surface area contributed by atoms with E-state index in [0.29, 0.717) is 30.8 Å². The number of carbonyl (C=O) groups excluding carboxylic acids is 5. The fourth-order valence-electron chi connectivity index (χ4n) is 8.96. The average Bonchev–Trinajstić information content (AvgIpc) is 3.83. The quantitative estimate of drug-likeness (QED) is 0.121. The molecular formula is C46H52N6O11. The highest BCUT2D eigenvalue weighted by Crippen LogP contribution is 2.38. The number of ketones is 1. The molecule has 3 fully saturated rings. The Morgan fingerprint density at radius 2 is 1.54 bits per heavy atom. The van der Waals surface area contributed by atoms with Gasteiger partial charge in [-0.3, -0.25) is 53.8 Å². The van der Waals surface area contributed by atoms with Gasteiger partial charge < -0.3 is 28.3 Å². The SMILES string of the molecule is COc1cc(-c2cn(C)c(=O)c3cnccc23)cc(OC)c1CN1CCC(OC2CCN(CC(=O)CCOCCOc3ccc4c(c3)C(=O)N(C3CCC(=O)NC3=O)C4=O)C2)CC1. The molecule has 2 atom stereocenters. The minimum atomic E-state index is -1.03. The van der Waals surface area contributed by atoms with Crippen molar-refractivity contribution in [3.63, 3.8) is 0 Å². The van der Waals surface area contributed by atoms with Crippen LogP contribution in [0.25, 0.3) is 21.9 Å². The molecule has 4 aliphatic rings. The number of carbonyl (C=O) groups is 5. The number of likely N-dealkylation sites (tertiary alicyclic amines) is 2. The van der Waals surface area contributed by atoms with E-state index in [1.165, 1.54) is 12.1 Å². The van der Waals surface area contributed by atoms with Gasteiger partial charge in [0, 0.05) is 76.8 Å². The lowest BCUT2D eigenvalue weighted by Gasteiger charge is -2.34. The Kier molecular flexibility index (Phi) is 13.3. The number of rotatable bonds is 17. The van der Waals surface area contributed by atoms with Gasteiger partial charge in [0.25, 0.3) is 17.4 Å². The van der Waals surface area contributed by atoms with Gasteiger partial charge in [-0.2, -0.15) is 0 Å². The maximum atomic E-state index is 13.1. The van der Waals surface area contributed by atoms with Crippen molar-refractivity contribution >= 4 is 40.2 Å². The maximum absolute atomic E-state index is 13.1. The maximum Gasteiger partial charge on any atom is 0.262 e. The average molecular weight is 865 g/mol. The minimum Gasteiger partial charge on any atom is -0.496 e. The largest absolute Gasteiger partial charge is 0.496 e. The lowest BCUT2D eigenvalue weighted by atomic mass is 9.98. The summed E-state index contributed by atoms with van der Waals surface area (Å²) >= 11 is 0. The third-order valence-corrected chi connectivity index (χ3v) is 12.3. The van der Waals surface area contributed by atoms with Crippen molar-refractivity contribution < 1.29 is 47.7 Å². The molecule has 332 valence electrons. The molecule has 0 radical (unpaired) electrons. The first-order valence-electron chi connectivity index (χ1n) is 21.4. The number of hydrogen-bond acceptors (Lipinski definition) is 14. The number of aryl methyl sites for hydroxylation is 1. The summed E-state index contributed by atoms with van der Waals surface area (Å²) in [6.07, 6.45) is 8.41. The minimum absolute atomic E-state index is 0.0484. The predicted molar refractivity (Wildman–Crippen MR) is 229 cm³/mol. The number of hydrogen-bond donors (Lipinski definition) is 1. The summed E-state index contributed by atoms with van der Waals surface area (Å²) in [7, 11) is 5.06. The Labute approximate surface area is 364 Å². The number of ether oxygens (including phenoxy) is 5. The Morgan fingerprint density at radius 3 is 2.29 bits per heavy atom. The smallest absolute Gasteiger partial charge is 0.262 e. The molecule has 2 unspecified atom stereocenters. The highest BCUT2D eigenvalue weighted by atomic mass is 16.5. The van der Waals surface area contributed by atoms with E-state index in [-0.39, 0.29) is 73.8 Å². The van der Waals surface area contributed by atoms with Gasteiger partial charge in [0.05, 0.1) is 68.3 Å². The van der Waals surface area contributed by atoms with Gasteiger partial charge in [-0.1, -0.05) is 0 Å². The summed E-state index contributed by atoms with van der Waals surface area (Å²) in [6, 6.07) is 9.37. The molecule has 4 amide bonds. The molecule has 3 saturated heterocycles. The molecule has 2 aromatic heterocycles. The molecule has 2 aromatic carbocycles. The van der Waals surface area contributed by atoms with Crippen molar-refractivity contribution in [3.8, 4) is 28.4 Å². The summed E-state index contributed by atoms with van der Waals surface area (Å²) in [5, 5.41) is 3.55. The van der Waals surface area contributed by atoms with Crippen LogP contribution in [0.3, 0.4) is 0 Å². The lowest BCUT2D eigenvalue weighted by molar-refractivity contribution is -0.136. The molecule has 63 heavy (non-hydrogen) atoms. The van der Waals surface area contributed by atoms with Gasteiger partial charge in [0.2, 0.25) is 11.8 Å². The highest BCUT2D eigenvalue weighted by Gasteiger charge is 2.44. The second kappa shape index (κ2) is 19.2. The van der Waals surface area contributed by atoms with Gasteiger partial charge in [-0.05, 0) is 73.0 Å². The molecule has 0 saturated carbocycles. The Bertz CT molecular complexity index is 2460. The summed E-state index contributed by atoms with van der Waals surface area (Å²) in [5.41, 5.74) is 2.94. The van der Waals surface area contributed by atoms with Crippen LogP contribution >= 0.6 is 0 Å². The summed E-state index contributed by atoms with van der Waals surface area (Å²) in [5.74, 6) is -0.383. The van der Waals surface area contributed by atoms with Crippen LogP contribution in [-0.2, 0) is 37.4 Å². The molecule has 1 N–H and O–H groups in total. The van der Waals surface area contributed by atoms with Crippen LogP contribution in [0.1, 0.15) is 64.8 Å². The molecule has 0 aliphatic carbocycles. The molecule has 4 aromatic rings. The van der Waals surface area contributed by atoms with Crippen LogP contribution in [0.2, 0.25) is 0 Å². The van der Waals surface area contributed by atoms with Gasteiger partial charge in [-0.25, -0.2) is 0 Å².